The van der Waals surface area contributed by atoms with E-state index in [9.17, 15) is 9.90 Å². The van der Waals surface area contributed by atoms with Crippen LogP contribution in [0.25, 0.3) is 0 Å². The number of carbonyl (C=O) groups excluding carboxylic acids is 1. The predicted molar refractivity (Wildman–Crippen MR) is 106 cm³/mol. The molecular weight excluding hydrogens is 324 g/mol. The number of aliphatic hydroxyl groups is 1. The Labute approximate surface area is 156 Å². The number of ketones is 1. The lowest BCUT2D eigenvalue weighted by molar-refractivity contribution is 0.104. The number of methoxy groups -OCH3 is 1. The monoisotopic (exact) mass is 352 g/mol. The van der Waals surface area contributed by atoms with Crippen LogP contribution in [0.4, 0.5) is 0 Å². The molecule has 0 aromatic heterocycles. The lowest BCUT2D eigenvalue weighted by atomic mass is 9.70. The highest BCUT2D eigenvalue weighted by Gasteiger charge is 2.34. The van der Waals surface area contributed by atoms with Crippen molar-refractivity contribution in [2.75, 3.05) is 7.11 Å². The molecule has 0 spiro atoms. The van der Waals surface area contributed by atoms with Crippen LogP contribution in [0, 0.1) is 10.8 Å². The molecule has 0 fully saturated rings. The normalized spacial score (nSPS) is 23.4. The number of allylic oxidation sites excluding steroid dienone is 4. The van der Waals surface area contributed by atoms with Crippen LogP contribution >= 0.6 is 0 Å². The quantitative estimate of drug-likeness (QED) is 0.450. The molecular formula is C23H28O3. The summed E-state index contributed by atoms with van der Waals surface area (Å²) in [5, 5.41) is 10.7. The number of hydrogen-bond acceptors (Lipinski definition) is 3. The van der Waals surface area contributed by atoms with Crippen molar-refractivity contribution in [1.82, 2.24) is 0 Å². The summed E-state index contributed by atoms with van der Waals surface area (Å²) in [6.45, 7) is 12.0. The van der Waals surface area contributed by atoms with Crippen LogP contribution < -0.4 is 4.74 Å². The van der Waals surface area contributed by atoms with Crippen molar-refractivity contribution in [2.24, 2.45) is 10.8 Å². The maximum atomic E-state index is 12.4. The van der Waals surface area contributed by atoms with E-state index < -0.39 is 11.5 Å². The first kappa shape index (κ1) is 19.9. The largest absolute Gasteiger partial charge is 0.497 e. The van der Waals surface area contributed by atoms with Gasteiger partial charge >= 0.3 is 0 Å². The molecule has 138 valence electrons. The molecule has 0 radical (unpaired) electrons. The van der Waals surface area contributed by atoms with Gasteiger partial charge < -0.3 is 9.84 Å². The fourth-order valence-electron chi connectivity index (χ4n) is 3.18. The third kappa shape index (κ3) is 4.05. The zero-order valence-electron chi connectivity index (χ0n) is 16.2. The fraction of sp³-hybridized carbons (Fsp3) is 0.348. The molecule has 1 aliphatic rings. The Hall–Kier alpha value is -2.39. The molecule has 2 rings (SSSR count). The Morgan fingerprint density at radius 1 is 1.31 bits per heavy atom. The lowest BCUT2D eigenvalue weighted by Crippen LogP contribution is -2.32. The van der Waals surface area contributed by atoms with E-state index in [4.69, 9.17) is 4.74 Å². The SMILES string of the molecule is C=CC(C)(C)C1=CC(O)C(C)(/C=C/C(=O)c2ccc(OC)cc2)C=C1C. The first-order chi connectivity index (χ1) is 12.1. The molecule has 2 atom stereocenters. The maximum absolute atomic E-state index is 12.4. The van der Waals surface area contributed by atoms with Gasteiger partial charge in [0.2, 0.25) is 0 Å². The van der Waals surface area contributed by atoms with Gasteiger partial charge in [-0.05, 0) is 49.8 Å². The molecule has 0 saturated carbocycles. The summed E-state index contributed by atoms with van der Waals surface area (Å²) in [5.41, 5.74) is 1.88. The molecule has 0 aliphatic heterocycles. The van der Waals surface area contributed by atoms with Crippen molar-refractivity contribution >= 4 is 5.78 Å². The highest BCUT2D eigenvalue weighted by molar-refractivity contribution is 6.04. The van der Waals surface area contributed by atoms with Gasteiger partial charge in [-0.3, -0.25) is 4.79 Å². The summed E-state index contributed by atoms with van der Waals surface area (Å²) in [6.07, 6.45) is 8.39. The van der Waals surface area contributed by atoms with Gasteiger partial charge in [0.25, 0.3) is 0 Å². The van der Waals surface area contributed by atoms with Crippen LogP contribution in [0.2, 0.25) is 0 Å². The summed E-state index contributed by atoms with van der Waals surface area (Å²) in [4.78, 5) is 12.4. The summed E-state index contributed by atoms with van der Waals surface area (Å²) < 4.78 is 5.11. The average Bonchev–Trinajstić information content (AvgIpc) is 2.62. The molecule has 3 nitrogen and oxygen atoms in total. The van der Waals surface area contributed by atoms with Crippen molar-refractivity contribution < 1.29 is 14.6 Å². The third-order valence-corrected chi connectivity index (χ3v) is 5.09. The standard InChI is InChI=1S/C23H28O3/c1-7-22(3,4)19-14-21(25)23(5,15-16(19)2)13-12-20(24)17-8-10-18(26-6)11-9-17/h7-15,21,25H,1H2,2-6H3/b13-12+. The molecule has 26 heavy (non-hydrogen) atoms. The van der Waals surface area contributed by atoms with Crippen molar-refractivity contribution in [2.45, 2.75) is 33.8 Å². The fourth-order valence-corrected chi connectivity index (χ4v) is 3.18. The van der Waals surface area contributed by atoms with Crippen LogP contribution in [0.15, 0.2) is 72.4 Å². The third-order valence-electron chi connectivity index (χ3n) is 5.09. The zero-order chi connectivity index (χ0) is 19.5. The van der Waals surface area contributed by atoms with Gasteiger partial charge in [0, 0.05) is 16.4 Å². The van der Waals surface area contributed by atoms with Gasteiger partial charge in [-0.2, -0.15) is 0 Å². The van der Waals surface area contributed by atoms with E-state index in [-0.39, 0.29) is 11.2 Å². The highest BCUT2D eigenvalue weighted by atomic mass is 16.5. The molecule has 0 heterocycles. The molecule has 0 bridgehead atoms. The molecule has 1 N–H and O–H groups in total. The zero-order valence-corrected chi connectivity index (χ0v) is 16.2. The Morgan fingerprint density at radius 3 is 2.46 bits per heavy atom. The Bertz CT molecular complexity index is 778. The summed E-state index contributed by atoms with van der Waals surface area (Å²) in [7, 11) is 1.59. The molecule has 3 heteroatoms. The molecule has 2 unspecified atom stereocenters. The van der Waals surface area contributed by atoms with Gasteiger partial charge in [0.1, 0.15) is 5.75 Å². The van der Waals surface area contributed by atoms with Crippen LogP contribution in [0.1, 0.15) is 38.1 Å². The van der Waals surface area contributed by atoms with E-state index in [1.54, 1.807) is 37.5 Å². The number of rotatable bonds is 6. The second-order valence-corrected chi connectivity index (χ2v) is 7.57. The number of aliphatic hydroxyl groups excluding tert-OH is 1. The maximum Gasteiger partial charge on any atom is 0.185 e. The number of ether oxygens (including phenoxy) is 1. The molecule has 0 saturated heterocycles. The minimum absolute atomic E-state index is 0.103. The van der Waals surface area contributed by atoms with Crippen LogP contribution in [-0.4, -0.2) is 24.1 Å². The summed E-state index contributed by atoms with van der Waals surface area (Å²) in [5.74, 6) is 0.606. The molecule has 1 aromatic rings. The Morgan fingerprint density at radius 2 is 1.92 bits per heavy atom. The summed E-state index contributed by atoms with van der Waals surface area (Å²) in [6, 6.07) is 6.98. The van der Waals surface area contributed by atoms with E-state index in [0.717, 1.165) is 11.1 Å². The lowest BCUT2D eigenvalue weighted by Gasteiger charge is -2.36. The van der Waals surface area contributed by atoms with E-state index in [1.807, 2.05) is 32.1 Å². The first-order valence-electron chi connectivity index (χ1n) is 8.74. The highest BCUT2D eigenvalue weighted by Crippen LogP contribution is 2.41. The van der Waals surface area contributed by atoms with Crippen molar-refractivity contribution in [3.63, 3.8) is 0 Å². The van der Waals surface area contributed by atoms with Gasteiger partial charge in [0.15, 0.2) is 5.78 Å². The Balaban J connectivity index is 2.24. The number of hydrogen-bond donors (Lipinski definition) is 1. The first-order valence-corrected chi connectivity index (χ1v) is 8.74. The van der Waals surface area contributed by atoms with Crippen molar-refractivity contribution in [3.8, 4) is 5.75 Å². The van der Waals surface area contributed by atoms with Crippen molar-refractivity contribution in [1.29, 1.82) is 0 Å². The number of benzene rings is 1. The van der Waals surface area contributed by atoms with Crippen LogP contribution in [-0.2, 0) is 0 Å². The van der Waals surface area contributed by atoms with Gasteiger partial charge in [-0.1, -0.05) is 43.7 Å². The van der Waals surface area contributed by atoms with Crippen LogP contribution in [0.3, 0.4) is 0 Å². The topological polar surface area (TPSA) is 46.5 Å². The van der Waals surface area contributed by atoms with E-state index in [2.05, 4.69) is 20.4 Å². The van der Waals surface area contributed by atoms with Crippen molar-refractivity contribution in [3.05, 3.63) is 77.9 Å². The van der Waals surface area contributed by atoms with E-state index in [1.165, 1.54) is 6.08 Å². The second kappa shape index (κ2) is 7.46. The molecule has 1 aliphatic carbocycles. The summed E-state index contributed by atoms with van der Waals surface area (Å²) >= 11 is 0. The van der Waals surface area contributed by atoms with E-state index >= 15 is 0 Å². The van der Waals surface area contributed by atoms with Gasteiger partial charge in [-0.15, -0.1) is 6.58 Å². The smallest absolute Gasteiger partial charge is 0.185 e. The van der Waals surface area contributed by atoms with Gasteiger partial charge in [0.05, 0.1) is 13.2 Å². The minimum atomic E-state index is -0.708. The van der Waals surface area contributed by atoms with Gasteiger partial charge in [-0.25, -0.2) is 0 Å². The van der Waals surface area contributed by atoms with E-state index in [0.29, 0.717) is 11.3 Å². The second-order valence-electron chi connectivity index (χ2n) is 7.57. The number of carbonyl (C=O) groups is 1. The predicted octanol–water partition coefficient (Wildman–Crippen LogP) is 4.90. The Kier molecular flexibility index (Phi) is 5.72. The molecule has 1 aromatic carbocycles. The van der Waals surface area contributed by atoms with Crippen LogP contribution in [0.5, 0.6) is 5.75 Å². The molecule has 0 amide bonds. The minimum Gasteiger partial charge on any atom is -0.497 e. The average molecular weight is 352 g/mol.